The third-order valence-electron chi connectivity index (χ3n) is 5.37. The fraction of sp³-hybridized carbons (Fsp3) is 0.435. The minimum absolute atomic E-state index is 0.00358. The molecule has 0 bridgehead atoms. The van der Waals surface area contributed by atoms with Gasteiger partial charge in [-0.2, -0.15) is 13.2 Å². The lowest BCUT2D eigenvalue weighted by molar-refractivity contribution is -0.137. The minimum Gasteiger partial charge on any atom is -0.381 e. The van der Waals surface area contributed by atoms with Crippen LogP contribution in [0, 0.1) is 0 Å². The van der Waals surface area contributed by atoms with Gasteiger partial charge in [0.2, 0.25) is 5.91 Å². The van der Waals surface area contributed by atoms with E-state index in [1.54, 1.807) is 12.1 Å². The number of alkyl halides is 3. The van der Waals surface area contributed by atoms with Crippen LogP contribution in [0.15, 0.2) is 42.6 Å². The van der Waals surface area contributed by atoms with Crippen molar-refractivity contribution >= 4 is 17.5 Å². The number of aromatic nitrogens is 1. The summed E-state index contributed by atoms with van der Waals surface area (Å²) in [6.45, 7) is 6.39. The van der Waals surface area contributed by atoms with E-state index >= 15 is 0 Å². The Morgan fingerprint density at radius 3 is 2.38 bits per heavy atom. The molecule has 3 rings (SSSR count). The van der Waals surface area contributed by atoms with Gasteiger partial charge in [-0.1, -0.05) is 26.8 Å². The molecule has 1 aromatic carbocycles. The van der Waals surface area contributed by atoms with Crippen LogP contribution >= 0.6 is 0 Å². The van der Waals surface area contributed by atoms with E-state index in [-0.39, 0.29) is 37.2 Å². The summed E-state index contributed by atoms with van der Waals surface area (Å²) in [4.78, 5) is 30.5. The molecule has 32 heavy (non-hydrogen) atoms. The maximum Gasteiger partial charge on any atom is 0.416 e. The van der Waals surface area contributed by atoms with Gasteiger partial charge in [-0.25, -0.2) is 0 Å². The molecule has 0 aliphatic carbocycles. The van der Waals surface area contributed by atoms with Crippen molar-refractivity contribution in [2.75, 3.05) is 18.5 Å². The maximum absolute atomic E-state index is 13.2. The third kappa shape index (κ3) is 5.45. The summed E-state index contributed by atoms with van der Waals surface area (Å²) in [5.41, 5.74) is -1.37. The standard InChI is InChI=1S/C23H26F3N3O3/c1-21(2,3)18-13-15(7-10-27-18)19(30)29-22(8-11-32-12-9-22)20(31)28-17-6-4-5-16(14-17)23(24,25)26/h4-7,10,13-14H,8-9,11-12H2,1-3H3,(H,28,31)(H,29,30). The van der Waals surface area contributed by atoms with Crippen LogP contribution in [0.1, 0.15) is 55.2 Å². The number of ether oxygens (including phenoxy) is 1. The lowest BCUT2D eigenvalue weighted by Crippen LogP contribution is -2.59. The number of hydrogen-bond donors (Lipinski definition) is 2. The molecule has 1 aromatic heterocycles. The van der Waals surface area contributed by atoms with Crippen LogP contribution in [0.3, 0.4) is 0 Å². The number of hydrogen-bond acceptors (Lipinski definition) is 4. The van der Waals surface area contributed by atoms with Crippen LogP contribution in [-0.2, 0) is 21.1 Å². The number of pyridine rings is 1. The first-order chi connectivity index (χ1) is 14.9. The average Bonchev–Trinajstić information content (AvgIpc) is 2.73. The van der Waals surface area contributed by atoms with Crippen molar-refractivity contribution in [2.45, 2.75) is 50.7 Å². The lowest BCUT2D eigenvalue weighted by Gasteiger charge is -2.36. The van der Waals surface area contributed by atoms with E-state index in [1.165, 1.54) is 18.3 Å². The molecule has 2 amide bonds. The Kier molecular flexibility index (Phi) is 6.59. The SMILES string of the molecule is CC(C)(C)c1cc(C(=O)NC2(C(=O)Nc3cccc(C(F)(F)F)c3)CCOCC2)ccn1. The smallest absolute Gasteiger partial charge is 0.381 e. The molecule has 0 spiro atoms. The summed E-state index contributed by atoms with van der Waals surface area (Å²) in [5, 5.41) is 5.35. The van der Waals surface area contributed by atoms with Gasteiger partial charge in [0.1, 0.15) is 5.54 Å². The average molecular weight is 449 g/mol. The number of nitrogens with one attached hydrogen (secondary N) is 2. The molecule has 0 unspecified atom stereocenters. The molecule has 2 aromatic rings. The molecule has 9 heteroatoms. The van der Waals surface area contributed by atoms with Crippen LogP contribution in [0.4, 0.5) is 18.9 Å². The molecule has 2 N–H and O–H groups in total. The summed E-state index contributed by atoms with van der Waals surface area (Å²) in [7, 11) is 0. The molecule has 0 radical (unpaired) electrons. The predicted molar refractivity (Wildman–Crippen MR) is 113 cm³/mol. The molecule has 1 saturated heterocycles. The van der Waals surface area contributed by atoms with Crippen molar-refractivity contribution in [1.29, 1.82) is 0 Å². The number of rotatable bonds is 4. The molecule has 1 fully saturated rings. The van der Waals surface area contributed by atoms with E-state index in [0.717, 1.165) is 17.8 Å². The first-order valence-corrected chi connectivity index (χ1v) is 10.3. The minimum atomic E-state index is -4.53. The van der Waals surface area contributed by atoms with Crippen molar-refractivity contribution < 1.29 is 27.5 Å². The Bertz CT molecular complexity index is 994. The summed E-state index contributed by atoms with van der Waals surface area (Å²) in [6.07, 6.45) is -2.60. The van der Waals surface area contributed by atoms with Crippen LogP contribution < -0.4 is 10.6 Å². The fourth-order valence-corrected chi connectivity index (χ4v) is 3.42. The summed E-state index contributed by atoms with van der Waals surface area (Å²) >= 11 is 0. The van der Waals surface area contributed by atoms with Gasteiger partial charge in [0.25, 0.3) is 5.91 Å². The van der Waals surface area contributed by atoms with Crippen molar-refractivity contribution in [2.24, 2.45) is 0 Å². The molecule has 172 valence electrons. The topological polar surface area (TPSA) is 80.3 Å². The lowest BCUT2D eigenvalue weighted by atomic mass is 9.87. The zero-order chi connectivity index (χ0) is 23.6. The van der Waals surface area contributed by atoms with Gasteiger partial charge < -0.3 is 15.4 Å². The quantitative estimate of drug-likeness (QED) is 0.729. The van der Waals surface area contributed by atoms with Crippen molar-refractivity contribution in [3.05, 3.63) is 59.4 Å². The third-order valence-corrected chi connectivity index (χ3v) is 5.37. The fourth-order valence-electron chi connectivity index (χ4n) is 3.42. The van der Waals surface area contributed by atoms with Gasteiger partial charge in [0.05, 0.1) is 5.56 Å². The number of anilines is 1. The van der Waals surface area contributed by atoms with E-state index < -0.39 is 29.1 Å². The summed E-state index contributed by atoms with van der Waals surface area (Å²) in [6, 6.07) is 7.62. The Morgan fingerprint density at radius 1 is 1.06 bits per heavy atom. The highest BCUT2D eigenvalue weighted by molar-refractivity contribution is 6.03. The highest BCUT2D eigenvalue weighted by atomic mass is 19.4. The monoisotopic (exact) mass is 449 g/mol. The molecule has 2 heterocycles. The van der Waals surface area contributed by atoms with Crippen LogP contribution in [0.5, 0.6) is 0 Å². The molecular weight excluding hydrogens is 423 g/mol. The predicted octanol–water partition coefficient (Wildman–Crippen LogP) is 4.32. The second kappa shape index (κ2) is 8.90. The van der Waals surface area contributed by atoms with Gasteiger partial charge in [-0.05, 0) is 30.3 Å². The highest BCUT2D eigenvalue weighted by Crippen LogP contribution is 2.31. The van der Waals surface area contributed by atoms with Crippen LogP contribution in [0.2, 0.25) is 0 Å². The van der Waals surface area contributed by atoms with Gasteiger partial charge in [-0.15, -0.1) is 0 Å². The molecule has 1 aliphatic heterocycles. The molecule has 6 nitrogen and oxygen atoms in total. The van der Waals surface area contributed by atoms with Crippen molar-refractivity contribution in [3.63, 3.8) is 0 Å². The van der Waals surface area contributed by atoms with E-state index in [9.17, 15) is 22.8 Å². The van der Waals surface area contributed by atoms with Gasteiger partial charge >= 0.3 is 6.18 Å². The maximum atomic E-state index is 13.2. The van der Waals surface area contributed by atoms with Crippen molar-refractivity contribution in [1.82, 2.24) is 10.3 Å². The number of carbonyl (C=O) groups is 2. The number of carbonyl (C=O) groups excluding carboxylic acids is 2. The first kappa shape index (κ1) is 23.7. The Hall–Kier alpha value is -2.94. The van der Waals surface area contributed by atoms with Gasteiger partial charge in [0.15, 0.2) is 0 Å². The zero-order valence-corrected chi connectivity index (χ0v) is 18.2. The number of halogens is 3. The number of benzene rings is 1. The van der Waals surface area contributed by atoms with E-state index in [2.05, 4.69) is 15.6 Å². The molecule has 1 aliphatic rings. The van der Waals surface area contributed by atoms with Gasteiger partial charge in [0, 0.05) is 54.6 Å². The van der Waals surface area contributed by atoms with Crippen molar-refractivity contribution in [3.8, 4) is 0 Å². The van der Waals surface area contributed by atoms with Crippen LogP contribution in [-0.4, -0.2) is 35.6 Å². The summed E-state index contributed by atoms with van der Waals surface area (Å²) in [5.74, 6) is -1.04. The van der Waals surface area contributed by atoms with Gasteiger partial charge in [-0.3, -0.25) is 14.6 Å². The molecule has 0 saturated carbocycles. The second-order valence-corrected chi connectivity index (χ2v) is 8.86. The summed E-state index contributed by atoms with van der Waals surface area (Å²) < 4.78 is 44.4. The first-order valence-electron chi connectivity index (χ1n) is 10.3. The molecule has 0 atom stereocenters. The van der Waals surface area contributed by atoms with E-state index in [1.807, 2.05) is 20.8 Å². The number of nitrogens with zero attached hydrogens (tertiary/aromatic N) is 1. The Labute approximate surface area is 184 Å². The normalized spacial score (nSPS) is 16.3. The highest BCUT2D eigenvalue weighted by Gasteiger charge is 2.42. The zero-order valence-electron chi connectivity index (χ0n) is 18.2. The second-order valence-electron chi connectivity index (χ2n) is 8.86. The molecular formula is C23H26F3N3O3. The largest absolute Gasteiger partial charge is 0.416 e. The number of amides is 2. The van der Waals surface area contributed by atoms with Crippen LogP contribution in [0.25, 0.3) is 0 Å². The van der Waals surface area contributed by atoms with E-state index in [0.29, 0.717) is 5.56 Å². The Morgan fingerprint density at radius 2 is 1.75 bits per heavy atom. The Balaban J connectivity index is 1.84. The van der Waals surface area contributed by atoms with E-state index in [4.69, 9.17) is 4.74 Å².